The van der Waals surface area contributed by atoms with Gasteiger partial charge in [0.05, 0.1) is 29.6 Å². The van der Waals surface area contributed by atoms with E-state index in [-0.39, 0.29) is 29.3 Å². The van der Waals surface area contributed by atoms with Crippen molar-refractivity contribution >= 4 is 44.8 Å². The summed E-state index contributed by atoms with van der Waals surface area (Å²) in [4.78, 5) is 31.6. The van der Waals surface area contributed by atoms with Crippen LogP contribution in [0.25, 0.3) is 17.0 Å². The molecule has 10 nitrogen and oxygen atoms in total. The number of anilines is 2. The van der Waals surface area contributed by atoms with Crippen LogP contribution in [0.4, 0.5) is 20.7 Å². The first kappa shape index (κ1) is 24.8. The Morgan fingerprint density at radius 2 is 1.72 bits per heavy atom. The van der Waals surface area contributed by atoms with Crippen LogP contribution in [0.1, 0.15) is 37.9 Å². The summed E-state index contributed by atoms with van der Waals surface area (Å²) in [6, 6.07) is 7.16. The third kappa shape index (κ3) is 5.41. The number of imidazole rings is 1. The van der Waals surface area contributed by atoms with Gasteiger partial charge in [-0.15, -0.1) is 0 Å². The van der Waals surface area contributed by atoms with E-state index < -0.39 is 12.2 Å². The number of nitrogens with one attached hydrogen (secondary N) is 2. The highest BCUT2D eigenvalue weighted by molar-refractivity contribution is 9.09. The van der Waals surface area contributed by atoms with Crippen LogP contribution in [0.5, 0.6) is 0 Å². The number of nitrogens with zero attached hydrogens (tertiary/aromatic N) is 6. The van der Waals surface area contributed by atoms with Crippen molar-refractivity contribution in [1.29, 1.82) is 0 Å². The van der Waals surface area contributed by atoms with Gasteiger partial charge in [-0.2, -0.15) is 15.0 Å². The molecule has 2 aliphatic rings. The molecule has 3 aromatic rings. The fourth-order valence-electron chi connectivity index (χ4n) is 4.66. The third-order valence-electron chi connectivity index (χ3n) is 6.43. The number of hydrogen-bond donors (Lipinski definition) is 2. The predicted molar refractivity (Wildman–Crippen MR) is 134 cm³/mol. The summed E-state index contributed by atoms with van der Waals surface area (Å²) in [5.41, 5.74) is 0.945. The summed E-state index contributed by atoms with van der Waals surface area (Å²) in [5, 5.41) is 6.68. The van der Waals surface area contributed by atoms with Crippen LogP contribution >= 0.6 is 15.9 Å². The Bertz CT molecular complexity index is 1210. The lowest BCUT2D eigenvalue weighted by Gasteiger charge is -2.30. The van der Waals surface area contributed by atoms with Crippen LogP contribution in [0, 0.1) is 0 Å². The van der Waals surface area contributed by atoms with Gasteiger partial charge in [-0.25, -0.2) is 13.8 Å². The second kappa shape index (κ2) is 11.0. The molecule has 0 atom stereocenters. The standard InChI is InChI=1S/C23H27BrF2N8O2/c24-13-18(35)27-14-5-7-15(8-6-14)28-21-30-22(33-9-11-36-12-10-33)32-23(31-21)34-17-4-2-1-3-16(17)29-20(34)19(25)26/h1-4,14-15,19H,5-13H2,(H,27,35)(H,28,30,31,32). The first-order valence-corrected chi connectivity index (χ1v) is 13.1. The molecule has 0 spiro atoms. The molecule has 1 saturated carbocycles. The highest BCUT2D eigenvalue weighted by Crippen LogP contribution is 2.28. The fraction of sp³-hybridized carbons (Fsp3) is 0.522. The summed E-state index contributed by atoms with van der Waals surface area (Å²) in [6.07, 6.45) is 0.482. The van der Waals surface area contributed by atoms with Gasteiger partial charge in [0.15, 0.2) is 5.82 Å². The fourth-order valence-corrected chi connectivity index (χ4v) is 4.82. The molecule has 0 bridgehead atoms. The van der Waals surface area contributed by atoms with Crippen molar-refractivity contribution in [3.05, 3.63) is 30.1 Å². The molecular weight excluding hydrogens is 538 g/mol. The molecule has 1 amide bonds. The molecule has 2 N–H and O–H groups in total. The van der Waals surface area contributed by atoms with E-state index in [2.05, 4.69) is 46.5 Å². The Morgan fingerprint density at radius 3 is 2.44 bits per heavy atom. The largest absolute Gasteiger partial charge is 0.378 e. The number of morpholine rings is 1. The van der Waals surface area contributed by atoms with E-state index >= 15 is 0 Å². The van der Waals surface area contributed by atoms with Crippen LogP contribution in [0.15, 0.2) is 24.3 Å². The molecule has 1 saturated heterocycles. The van der Waals surface area contributed by atoms with Crippen LogP contribution in [-0.4, -0.2) is 74.1 Å². The topological polar surface area (TPSA) is 110 Å². The van der Waals surface area contributed by atoms with Crippen LogP contribution in [0.3, 0.4) is 0 Å². The summed E-state index contributed by atoms with van der Waals surface area (Å²) in [6.45, 7) is 2.25. The number of aromatic nitrogens is 5. The molecule has 1 aromatic carbocycles. The van der Waals surface area contributed by atoms with Crippen LogP contribution in [0.2, 0.25) is 0 Å². The summed E-state index contributed by atoms with van der Waals surface area (Å²) in [7, 11) is 0. The molecule has 192 valence electrons. The van der Waals surface area contributed by atoms with Gasteiger partial charge in [-0.3, -0.25) is 9.36 Å². The summed E-state index contributed by atoms with van der Waals surface area (Å²) in [5.74, 6) is 0.390. The molecule has 3 heterocycles. The Labute approximate surface area is 215 Å². The zero-order valence-corrected chi connectivity index (χ0v) is 21.1. The van der Waals surface area contributed by atoms with Gasteiger partial charge in [-0.05, 0) is 37.8 Å². The quantitative estimate of drug-likeness (QED) is 0.421. The predicted octanol–water partition coefficient (Wildman–Crippen LogP) is 3.22. The normalized spacial score (nSPS) is 20.6. The Hall–Kier alpha value is -2.93. The average molecular weight is 565 g/mol. The summed E-state index contributed by atoms with van der Waals surface area (Å²) < 4.78 is 34.8. The van der Waals surface area contributed by atoms with E-state index in [9.17, 15) is 13.6 Å². The number of halogens is 3. The molecule has 0 unspecified atom stereocenters. The molecule has 2 fully saturated rings. The van der Waals surface area contributed by atoms with Crippen molar-refractivity contribution in [2.45, 2.75) is 44.2 Å². The molecule has 36 heavy (non-hydrogen) atoms. The molecule has 0 radical (unpaired) electrons. The monoisotopic (exact) mass is 564 g/mol. The molecule has 1 aliphatic carbocycles. The number of fused-ring (bicyclic) bond motifs is 1. The van der Waals surface area contributed by atoms with Gasteiger partial charge >= 0.3 is 0 Å². The maximum atomic E-state index is 14.0. The van der Waals surface area contributed by atoms with Gasteiger partial charge in [0, 0.05) is 25.2 Å². The lowest BCUT2D eigenvalue weighted by molar-refractivity contribution is -0.119. The number of carbonyl (C=O) groups is 1. The Balaban J connectivity index is 1.46. The van der Waals surface area contributed by atoms with Crippen molar-refractivity contribution in [2.24, 2.45) is 0 Å². The third-order valence-corrected chi connectivity index (χ3v) is 6.94. The number of para-hydroxylation sites is 2. The Morgan fingerprint density at radius 1 is 1.03 bits per heavy atom. The molecule has 13 heteroatoms. The van der Waals surface area contributed by atoms with E-state index in [0.717, 1.165) is 25.7 Å². The first-order valence-electron chi connectivity index (χ1n) is 12.0. The van der Waals surface area contributed by atoms with Crippen LogP contribution in [-0.2, 0) is 9.53 Å². The smallest absolute Gasteiger partial charge is 0.296 e. The summed E-state index contributed by atoms with van der Waals surface area (Å²) >= 11 is 3.18. The SMILES string of the molecule is O=C(CBr)NC1CCC(Nc2nc(N3CCOCC3)nc(-n3c(C(F)F)nc4ccccc43)n2)CC1. The number of ether oxygens (including phenoxy) is 1. The number of benzene rings is 1. The van der Waals surface area contributed by atoms with E-state index in [1.165, 1.54) is 4.57 Å². The van der Waals surface area contributed by atoms with E-state index in [1.54, 1.807) is 24.3 Å². The average Bonchev–Trinajstić information content (AvgIpc) is 3.30. The van der Waals surface area contributed by atoms with Crippen molar-refractivity contribution in [1.82, 2.24) is 29.8 Å². The number of alkyl halides is 3. The number of rotatable bonds is 7. The van der Waals surface area contributed by atoms with Crippen molar-refractivity contribution in [2.75, 3.05) is 41.9 Å². The zero-order valence-electron chi connectivity index (χ0n) is 19.5. The van der Waals surface area contributed by atoms with E-state index in [1.807, 2.05) is 4.90 Å². The number of amides is 1. The van der Waals surface area contributed by atoms with E-state index in [0.29, 0.717) is 49.2 Å². The van der Waals surface area contributed by atoms with Gasteiger partial charge in [0.2, 0.25) is 23.8 Å². The highest BCUT2D eigenvalue weighted by Gasteiger charge is 2.26. The minimum absolute atomic E-state index is 0.0222. The molecular formula is C23H27BrF2N8O2. The second-order valence-electron chi connectivity index (χ2n) is 8.85. The number of hydrogen-bond acceptors (Lipinski definition) is 8. The van der Waals surface area contributed by atoms with E-state index in [4.69, 9.17) is 4.74 Å². The van der Waals surface area contributed by atoms with Gasteiger partial charge in [-0.1, -0.05) is 28.1 Å². The van der Waals surface area contributed by atoms with Gasteiger partial charge < -0.3 is 20.3 Å². The van der Waals surface area contributed by atoms with Crippen molar-refractivity contribution in [3.63, 3.8) is 0 Å². The zero-order chi connectivity index (χ0) is 25.1. The molecule has 2 aromatic heterocycles. The number of carbonyl (C=O) groups excluding carboxylic acids is 1. The lowest BCUT2D eigenvalue weighted by atomic mass is 9.91. The minimum atomic E-state index is -2.80. The maximum absolute atomic E-state index is 14.0. The minimum Gasteiger partial charge on any atom is -0.378 e. The lowest BCUT2D eigenvalue weighted by Crippen LogP contribution is -2.41. The Kier molecular flexibility index (Phi) is 7.56. The molecule has 1 aliphatic heterocycles. The van der Waals surface area contributed by atoms with Crippen molar-refractivity contribution in [3.8, 4) is 5.95 Å². The van der Waals surface area contributed by atoms with Crippen molar-refractivity contribution < 1.29 is 18.3 Å². The van der Waals surface area contributed by atoms with Gasteiger partial charge in [0.25, 0.3) is 6.43 Å². The van der Waals surface area contributed by atoms with Crippen LogP contribution < -0.4 is 15.5 Å². The first-order chi connectivity index (χ1) is 17.5. The second-order valence-corrected chi connectivity index (χ2v) is 9.41. The molecule has 5 rings (SSSR count). The maximum Gasteiger partial charge on any atom is 0.296 e. The highest BCUT2D eigenvalue weighted by atomic mass is 79.9. The van der Waals surface area contributed by atoms with Gasteiger partial charge in [0.1, 0.15) is 0 Å².